The van der Waals surface area contributed by atoms with Gasteiger partial charge in [0.2, 0.25) is 0 Å². The molecule has 20 heavy (non-hydrogen) atoms. The molecule has 0 spiro atoms. The molecule has 1 heterocycles. The molecule has 0 fully saturated rings. The summed E-state index contributed by atoms with van der Waals surface area (Å²) < 4.78 is 26.5. The fourth-order valence-electron chi connectivity index (χ4n) is 1.94. The first-order valence-corrected chi connectivity index (χ1v) is 8.18. The van der Waals surface area contributed by atoms with E-state index in [2.05, 4.69) is 0 Å². The summed E-state index contributed by atoms with van der Waals surface area (Å²) in [7, 11) is -2.09. The summed E-state index contributed by atoms with van der Waals surface area (Å²) in [6.07, 6.45) is 0. The molecule has 4 nitrogen and oxygen atoms in total. The summed E-state index contributed by atoms with van der Waals surface area (Å²) in [6, 6.07) is 10.6. The van der Waals surface area contributed by atoms with E-state index in [0.717, 1.165) is 22.5 Å². The van der Waals surface area contributed by atoms with E-state index >= 15 is 0 Å². The minimum atomic E-state index is -3.62. The largest absolute Gasteiger partial charge is 0.273 e. The normalized spacial score (nSPS) is 11.1. The lowest BCUT2D eigenvalue weighted by atomic mass is 10.1. The van der Waals surface area contributed by atoms with Crippen LogP contribution >= 0.6 is 11.3 Å². The molecule has 2 aromatic rings. The number of hydrogen-bond donors (Lipinski definition) is 0. The first kappa shape index (κ1) is 14.6. The maximum Gasteiger partial charge on any atom is 0.273 e. The number of rotatable bonds is 3. The van der Waals surface area contributed by atoms with Crippen molar-refractivity contribution >= 4 is 27.0 Å². The molecule has 6 heteroatoms. The number of nitriles is 1. The molecule has 0 saturated heterocycles. The number of nitrogens with zero attached hydrogens (tertiary/aromatic N) is 2. The Hall–Kier alpha value is -1.84. The molecule has 1 aromatic heterocycles. The summed E-state index contributed by atoms with van der Waals surface area (Å²) in [5.41, 5.74) is 2.62. The van der Waals surface area contributed by atoms with Gasteiger partial charge in [0.15, 0.2) is 0 Å². The molecule has 1 aromatic carbocycles. The molecular formula is C14H14N2O2S2. The first-order chi connectivity index (χ1) is 9.36. The summed E-state index contributed by atoms with van der Waals surface area (Å²) in [6.45, 7) is 3.84. The van der Waals surface area contributed by atoms with Gasteiger partial charge in [-0.25, -0.2) is 8.42 Å². The maximum absolute atomic E-state index is 12.5. The topological polar surface area (TPSA) is 61.2 Å². The van der Waals surface area contributed by atoms with Crippen LogP contribution in [0, 0.1) is 25.2 Å². The van der Waals surface area contributed by atoms with Crippen molar-refractivity contribution in [3.8, 4) is 6.07 Å². The Labute approximate surface area is 123 Å². The Balaban J connectivity index is 2.46. The van der Waals surface area contributed by atoms with Gasteiger partial charge in [0.1, 0.15) is 15.2 Å². The van der Waals surface area contributed by atoms with Gasteiger partial charge in [-0.2, -0.15) is 5.26 Å². The number of anilines is 1. The molecule has 0 N–H and O–H groups in total. The first-order valence-electron chi connectivity index (χ1n) is 5.92. The summed E-state index contributed by atoms with van der Waals surface area (Å²) in [5, 5.41) is 8.80. The molecule has 2 rings (SSSR count). The molecule has 0 saturated carbocycles. The van der Waals surface area contributed by atoms with E-state index in [1.807, 2.05) is 32.0 Å². The maximum atomic E-state index is 12.5. The van der Waals surface area contributed by atoms with E-state index in [1.54, 1.807) is 6.07 Å². The smallest absolute Gasteiger partial charge is 0.268 e. The van der Waals surface area contributed by atoms with Crippen LogP contribution in [0.3, 0.4) is 0 Å². The lowest BCUT2D eigenvalue weighted by molar-refractivity contribution is 0.596. The molecule has 0 radical (unpaired) electrons. The number of sulfonamides is 1. The Bertz CT molecular complexity index is 786. The number of aryl methyl sites for hydroxylation is 2. The van der Waals surface area contributed by atoms with Crippen molar-refractivity contribution < 1.29 is 8.42 Å². The van der Waals surface area contributed by atoms with Gasteiger partial charge < -0.3 is 0 Å². The van der Waals surface area contributed by atoms with Crippen molar-refractivity contribution in [2.75, 3.05) is 11.4 Å². The fourth-order valence-corrected chi connectivity index (χ4v) is 4.48. The predicted molar refractivity (Wildman–Crippen MR) is 80.5 cm³/mol. The zero-order valence-electron chi connectivity index (χ0n) is 11.4. The van der Waals surface area contributed by atoms with E-state index in [1.165, 1.54) is 23.5 Å². The van der Waals surface area contributed by atoms with Crippen molar-refractivity contribution in [2.24, 2.45) is 0 Å². The zero-order chi connectivity index (χ0) is 14.9. The lowest BCUT2D eigenvalue weighted by Gasteiger charge is -2.20. The molecule has 104 valence electrons. The Morgan fingerprint density at radius 2 is 1.90 bits per heavy atom. The molecule has 0 atom stereocenters. The molecule has 0 amide bonds. The van der Waals surface area contributed by atoms with Crippen molar-refractivity contribution in [3.05, 3.63) is 46.3 Å². The number of benzene rings is 1. The van der Waals surface area contributed by atoms with E-state index in [9.17, 15) is 8.42 Å². The van der Waals surface area contributed by atoms with Crippen LogP contribution in [0.1, 0.15) is 16.0 Å². The molecule has 0 aliphatic carbocycles. The van der Waals surface area contributed by atoms with Crippen LogP contribution in [0.25, 0.3) is 0 Å². The monoisotopic (exact) mass is 306 g/mol. The van der Waals surface area contributed by atoms with Crippen molar-refractivity contribution in [2.45, 2.75) is 18.1 Å². The summed E-state index contributed by atoms with van der Waals surface area (Å²) >= 11 is 0.981. The Morgan fingerprint density at radius 1 is 1.20 bits per heavy atom. The van der Waals surface area contributed by atoms with Crippen LogP contribution in [0.5, 0.6) is 0 Å². The highest BCUT2D eigenvalue weighted by molar-refractivity contribution is 7.94. The third-order valence-electron chi connectivity index (χ3n) is 3.00. The third-order valence-corrected chi connectivity index (χ3v) is 6.23. The van der Waals surface area contributed by atoms with E-state index in [0.29, 0.717) is 10.6 Å². The minimum absolute atomic E-state index is 0.177. The SMILES string of the molecule is Cc1ccc(N(C)S(=O)(=O)c2ccc(C#N)s2)c(C)c1. The second-order valence-electron chi connectivity index (χ2n) is 4.49. The molecule has 0 bridgehead atoms. The highest BCUT2D eigenvalue weighted by Gasteiger charge is 2.24. The van der Waals surface area contributed by atoms with Gasteiger partial charge in [0.05, 0.1) is 5.69 Å². The fraction of sp³-hybridized carbons (Fsp3) is 0.214. The van der Waals surface area contributed by atoms with Gasteiger partial charge in [-0.1, -0.05) is 17.7 Å². The van der Waals surface area contributed by atoms with Crippen molar-refractivity contribution in [1.29, 1.82) is 5.26 Å². The number of hydrogen-bond acceptors (Lipinski definition) is 4. The van der Waals surface area contributed by atoms with E-state index in [4.69, 9.17) is 5.26 Å². The lowest BCUT2D eigenvalue weighted by Crippen LogP contribution is -2.26. The standard InChI is InChI=1S/C14H14N2O2S2/c1-10-4-6-13(11(2)8-10)16(3)20(17,18)14-7-5-12(9-15)19-14/h4-8H,1-3H3. The van der Waals surface area contributed by atoms with Gasteiger partial charge in [0, 0.05) is 7.05 Å². The second-order valence-corrected chi connectivity index (χ2v) is 7.77. The van der Waals surface area contributed by atoms with Crippen molar-refractivity contribution in [1.82, 2.24) is 0 Å². The average molecular weight is 306 g/mol. The predicted octanol–water partition coefficient (Wildman–Crippen LogP) is 3.06. The van der Waals surface area contributed by atoms with Crippen LogP contribution in [-0.2, 0) is 10.0 Å². The molecular weight excluding hydrogens is 292 g/mol. The molecule has 0 unspecified atom stereocenters. The van der Waals surface area contributed by atoms with Gasteiger partial charge in [-0.3, -0.25) is 4.31 Å². The molecule has 0 aliphatic heterocycles. The van der Waals surface area contributed by atoms with Gasteiger partial charge in [-0.05, 0) is 37.6 Å². The Kier molecular flexibility index (Phi) is 3.84. The second kappa shape index (κ2) is 5.27. The van der Waals surface area contributed by atoms with Crippen LogP contribution in [-0.4, -0.2) is 15.5 Å². The van der Waals surface area contributed by atoms with Crippen LogP contribution in [0.15, 0.2) is 34.5 Å². The third kappa shape index (κ3) is 2.55. The minimum Gasteiger partial charge on any atom is -0.268 e. The average Bonchev–Trinajstić information content (AvgIpc) is 2.87. The van der Waals surface area contributed by atoms with Gasteiger partial charge >= 0.3 is 0 Å². The summed E-state index contributed by atoms with van der Waals surface area (Å²) in [5.74, 6) is 0. The van der Waals surface area contributed by atoms with Gasteiger partial charge in [-0.15, -0.1) is 11.3 Å². The van der Waals surface area contributed by atoms with Gasteiger partial charge in [0.25, 0.3) is 10.0 Å². The van der Waals surface area contributed by atoms with E-state index in [-0.39, 0.29) is 4.21 Å². The Morgan fingerprint density at radius 3 is 2.45 bits per heavy atom. The zero-order valence-corrected chi connectivity index (χ0v) is 13.0. The quantitative estimate of drug-likeness (QED) is 0.875. The molecule has 0 aliphatic rings. The van der Waals surface area contributed by atoms with Crippen molar-refractivity contribution in [3.63, 3.8) is 0 Å². The van der Waals surface area contributed by atoms with Crippen LogP contribution < -0.4 is 4.31 Å². The van der Waals surface area contributed by atoms with E-state index < -0.39 is 10.0 Å². The highest BCUT2D eigenvalue weighted by Crippen LogP contribution is 2.29. The van der Waals surface area contributed by atoms with Crippen LogP contribution in [0.4, 0.5) is 5.69 Å². The highest BCUT2D eigenvalue weighted by atomic mass is 32.2. The summed E-state index contributed by atoms with van der Waals surface area (Å²) in [4.78, 5) is 0.387. The number of thiophene rings is 1. The van der Waals surface area contributed by atoms with Crippen LogP contribution in [0.2, 0.25) is 0 Å².